The molecule has 1 aromatic carbocycles. The molecule has 1 saturated heterocycles. The van der Waals surface area contributed by atoms with Gasteiger partial charge in [-0.1, -0.05) is 37.8 Å². The number of hydrogen-bond acceptors (Lipinski definition) is 2. The molecular weight excluding hydrogens is 246 g/mol. The number of aryl methyl sites for hydroxylation is 1. The molecule has 1 aliphatic rings. The van der Waals surface area contributed by atoms with Crippen LogP contribution >= 0.6 is 0 Å². The molecular formula is C18H25NO. The Morgan fingerprint density at radius 1 is 1.20 bits per heavy atom. The zero-order chi connectivity index (χ0) is 14.0. The predicted molar refractivity (Wildman–Crippen MR) is 84.0 cm³/mol. The Balaban J connectivity index is 2.03. The summed E-state index contributed by atoms with van der Waals surface area (Å²) in [5.41, 5.74) is 2.37. The molecule has 0 spiro atoms. The van der Waals surface area contributed by atoms with E-state index in [1.165, 1.54) is 43.1 Å². The molecule has 1 unspecified atom stereocenters. The van der Waals surface area contributed by atoms with Gasteiger partial charge in [0, 0.05) is 5.39 Å². The Labute approximate surface area is 121 Å². The SMILES string of the molecule is CCCC1(c2cc3cc(C)ccc3o2)CCCCCN1. The number of nitrogens with one attached hydrogen (secondary N) is 1. The van der Waals surface area contributed by atoms with Gasteiger partial charge in [-0.15, -0.1) is 0 Å². The zero-order valence-electron chi connectivity index (χ0n) is 12.7. The van der Waals surface area contributed by atoms with Crippen LogP contribution in [0, 0.1) is 6.92 Å². The van der Waals surface area contributed by atoms with Gasteiger partial charge in [0.05, 0.1) is 5.54 Å². The number of benzene rings is 1. The van der Waals surface area contributed by atoms with Crippen LogP contribution in [0.15, 0.2) is 28.7 Å². The predicted octanol–water partition coefficient (Wildman–Crippen LogP) is 4.90. The Bertz CT molecular complexity index is 576. The van der Waals surface area contributed by atoms with Crippen LogP contribution in [0.1, 0.15) is 56.8 Å². The first-order valence-corrected chi connectivity index (χ1v) is 7.99. The Kier molecular flexibility index (Phi) is 3.84. The lowest BCUT2D eigenvalue weighted by Crippen LogP contribution is -2.41. The van der Waals surface area contributed by atoms with Gasteiger partial charge in [0.15, 0.2) is 0 Å². The van der Waals surface area contributed by atoms with Crippen LogP contribution in [-0.2, 0) is 5.54 Å². The van der Waals surface area contributed by atoms with E-state index in [1.807, 2.05) is 0 Å². The highest BCUT2D eigenvalue weighted by Crippen LogP contribution is 2.37. The van der Waals surface area contributed by atoms with Gasteiger partial charge in [0.25, 0.3) is 0 Å². The Hall–Kier alpha value is -1.28. The maximum absolute atomic E-state index is 6.21. The summed E-state index contributed by atoms with van der Waals surface area (Å²) in [6.07, 6.45) is 7.44. The van der Waals surface area contributed by atoms with E-state index in [-0.39, 0.29) is 5.54 Å². The van der Waals surface area contributed by atoms with Gasteiger partial charge in [-0.3, -0.25) is 0 Å². The van der Waals surface area contributed by atoms with E-state index < -0.39 is 0 Å². The standard InChI is InChI=1S/C18H25NO/c1-3-9-18(10-5-4-6-11-19-18)17-13-15-12-14(2)7-8-16(15)20-17/h7-8,12-13,19H,3-6,9-11H2,1-2H3. The minimum Gasteiger partial charge on any atom is -0.459 e. The Morgan fingerprint density at radius 3 is 2.95 bits per heavy atom. The van der Waals surface area contributed by atoms with E-state index in [4.69, 9.17) is 4.42 Å². The monoisotopic (exact) mass is 271 g/mol. The maximum atomic E-state index is 6.21. The molecule has 1 atom stereocenters. The molecule has 1 aromatic heterocycles. The van der Waals surface area contributed by atoms with E-state index in [1.54, 1.807) is 0 Å². The molecule has 0 saturated carbocycles. The normalized spacial score (nSPS) is 23.9. The van der Waals surface area contributed by atoms with Crippen molar-refractivity contribution in [2.24, 2.45) is 0 Å². The lowest BCUT2D eigenvalue weighted by molar-refractivity contribution is 0.248. The second-order valence-corrected chi connectivity index (χ2v) is 6.22. The minimum atomic E-state index is 0.0537. The summed E-state index contributed by atoms with van der Waals surface area (Å²) >= 11 is 0. The molecule has 0 aliphatic carbocycles. The van der Waals surface area contributed by atoms with Crippen LogP contribution < -0.4 is 5.32 Å². The fourth-order valence-corrected chi connectivity index (χ4v) is 3.52. The van der Waals surface area contributed by atoms with E-state index in [2.05, 4.69) is 43.4 Å². The topological polar surface area (TPSA) is 25.2 Å². The summed E-state index contributed by atoms with van der Waals surface area (Å²) in [7, 11) is 0. The smallest absolute Gasteiger partial charge is 0.134 e. The van der Waals surface area contributed by atoms with E-state index in [0.29, 0.717) is 0 Å². The highest BCUT2D eigenvalue weighted by Gasteiger charge is 2.34. The summed E-state index contributed by atoms with van der Waals surface area (Å²) in [5.74, 6) is 1.14. The van der Waals surface area contributed by atoms with Crippen LogP contribution in [0.3, 0.4) is 0 Å². The lowest BCUT2D eigenvalue weighted by atomic mass is 9.86. The van der Waals surface area contributed by atoms with Gasteiger partial charge >= 0.3 is 0 Å². The molecule has 1 N–H and O–H groups in total. The molecule has 0 amide bonds. The van der Waals surface area contributed by atoms with Crippen LogP contribution in [0.4, 0.5) is 0 Å². The van der Waals surface area contributed by atoms with Crippen LogP contribution in [0.25, 0.3) is 11.0 Å². The number of rotatable bonds is 3. The highest BCUT2D eigenvalue weighted by atomic mass is 16.3. The van der Waals surface area contributed by atoms with Gasteiger partial charge in [-0.25, -0.2) is 0 Å². The summed E-state index contributed by atoms with van der Waals surface area (Å²) in [4.78, 5) is 0. The van der Waals surface area contributed by atoms with Crippen molar-refractivity contribution in [2.75, 3.05) is 6.54 Å². The molecule has 2 aromatic rings. The molecule has 2 heteroatoms. The fraction of sp³-hybridized carbons (Fsp3) is 0.556. The zero-order valence-corrected chi connectivity index (χ0v) is 12.7. The third-order valence-electron chi connectivity index (χ3n) is 4.56. The molecule has 3 rings (SSSR count). The van der Waals surface area contributed by atoms with E-state index in [9.17, 15) is 0 Å². The molecule has 0 radical (unpaired) electrons. The molecule has 1 aliphatic heterocycles. The molecule has 0 bridgehead atoms. The maximum Gasteiger partial charge on any atom is 0.134 e. The van der Waals surface area contributed by atoms with Crippen molar-refractivity contribution in [3.63, 3.8) is 0 Å². The molecule has 2 nitrogen and oxygen atoms in total. The molecule has 108 valence electrons. The largest absolute Gasteiger partial charge is 0.459 e. The minimum absolute atomic E-state index is 0.0537. The molecule has 2 heterocycles. The summed E-state index contributed by atoms with van der Waals surface area (Å²) < 4.78 is 6.21. The van der Waals surface area contributed by atoms with Crippen molar-refractivity contribution >= 4 is 11.0 Å². The third kappa shape index (κ3) is 2.49. The van der Waals surface area contributed by atoms with Crippen LogP contribution in [-0.4, -0.2) is 6.54 Å². The summed E-state index contributed by atoms with van der Waals surface area (Å²) in [6, 6.07) is 8.71. The molecule has 1 fully saturated rings. The van der Waals surface area contributed by atoms with Crippen molar-refractivity contribution in [1.29, 1.82) is 0 Å². The van der Waals surface area contributed by atoms with Crippen LogP contribution in [0.2, 0.25) is 0 Å². The highest BCUT2D eigenvalue weighted by molar-refractivity contribution is 5.79. The van der Waals surface area contributed by atoms with Gasteiger partial charge in [-0.05, 0) is 50.9 Å². The number of hydrogen-bond donors (Lipinski definition) is 1. The first-order chi connectivity index (χ1) is 9.73. The second-order valence-electron chi connectivity index (χ2n) is 6.22. The van der Waals surface area contributed by atoms with Crippen molar-refractivity contribution in [1.82, 2.24) is 5.32 Å². The van der Waals surface area contributed by atoms with Crippen molar-refractivity contribution < 1.29 is 4.42 Å². The number of furan rings is 1. The quantitative estimate of drug-likeness (QED) is 0.859. The first-order valence-electron chi connectivity index (χ1n) is 7.99. The first kappa shape index (κ1) is 13.7. The molecule has 20 heavy (non-hydrogen) atoms. The van der Waals surface area contributed by atoms with Gasteiger partial charge in [0.2, 0.25) is 0 Å². The third-order valence-corrected chi connectivity index (χ3v) is 4.56. The van der Waals surface area contributed by atoms with E-state index >= 15 is 0 Å². The van der Waals surface area contributed by atoms with Crippen molar-refractivity contribution in [3.8, 4) is 0 Å². The van der Waals surface area contributed by atoms with Crippen molar-refractivity contribution in [2.45, 2.75) is 57.9 Å². The number of fused-ring (bicyclic) bond motifs is 1. The fourth-order valence-electron chi connectivity index (χ4n) is 3.52. The average Bonchev–Trinajstić information content (AvgIpc) is 2.71. The van der Waals surface area contributed by atoms with E-state index in [0.717, 1.165) is 24.3 Å². The summed E-state index contributed by atoms with van der Waals surface area (Å²) in [6.45, 7) is 5.51. The lowest BCUT2D eigenvalue weighted by Gasteiger charge is -2.31. The van der Waals surface area contributed by atoms with Crippen LogP contribution in [0.5, 0.6) is 0 Å². The second kappa shape index (κ2) is 5.61. The summed E-state index contributed by atoms with van der Waals surface area (Å²) in [5, 5.41) is 5.03. The van der Waals surface area contributed by atoms with Gasteiger partial charge in [-0.2, -0.15) is 0 Å². The van der Waals surface area contributed by atoms with Gasteiger partial charge < -0.3 is 9.73 Å². The Morgan fingerprint density at radius 2 is 2.10 bits per heavy atom. The van der Waals surface area contributed by atoms with Crippen molar-refractivity contribution in [3.05, 3.63) is 35.6 Å². The van der Waals surface area contributed by atoms with Gasteiger partial charge in [0.1, 0.15) is 11.3 Å². The average molecular weight is 271 g/mol.